The van der Waals surface area contributed by atoms with Gasteiger partial charge in [0.05, 0.1) is 5.69 Å². The number of aryl methyl sites for hydroxylation is 2. The lowest BCUT2D eigenvalue weighted by Gasteiger charge is -2.15. The van der Waals surface area contributed by atoms with Gasteiger partial charge in [-0.25, -0.2) is 8.78 Å². The maximum absolute atomic E-state index is 13.8. The van der Waals surface area contributed by atoms with Crippen LogP contribution in [0.25, 0.3) is 0 Å². The Balaban J connectivity index is 2.07. The molecule has 0 saturated heterocycles. The molecule has 1 unspecified atom stereocenters. The van der Waals surface area contributed by atoms with E-state index in [1.165, 1.54) is 12.1 Å². The summed E-state index contributed by atoms with van der Waals surface area (Å²) in [7, 11) is 1.84. The van der Waals surface area contributed by atoms with Crippen molar-refractivity contribution < 1.29 is 8.78 Å². The highest BCUT2D eigenvalue weighted by Gasteiger charge is 2.13. The summed E-state index contributed by atoms with van der Waals surface area (Å²) >= 11 is 0. The molecule has 1 aromatic carbocycles. The van der Waals surface area contributed by atoms with Gasteiger partial charge >= 0.3 is 0 Å². The van der Waals surface area contributed by atoms with E-state index in [4.69, 9.17) is 0 Å². The van der Waals surface area contributed by atoms with Crippen LogP contribution in [0, 0.1) is 18.6 Å². The van der Waals surface area contributed by atoms with Gasteiger partial charge in [-0.1, -0.05) is 0 Å². The zero-order chi connectivity index (χ0) is 14.0. The molecule has 1 heterocycles. The third-order valence-corrected chi connectivity index (χ3v) is 3.10. The molecular formula is C14H17F2N3. The van der Waals surface area contributed by atoms with Gasteiger partial charge in [0.2, 0.25) is 0 Å². The molecular weight excluding hydrogens is 248 g/mol. The monoisotopic (exact) mass is 265 g/mol. The summed E-state index contributed by atoms with van der Waals surface area (Å²) in [5, 5.41) is 7.35. The molecule has 0 fully saturated rings. The van der Waals surface area contributed by atoms with E-state index in [1.54, 1.807) is 18.5 Å². The van der Waals surface area contributed by atoms with Crippen LogP contribution in [0.3, 0.4) is 0 Å². The van der Waals surface area contributed by atoms with Gasteiger partial charge in [-0.05, 0) is 37.6 Å². The lowest BCUT2D eigenvalue weighted by atomic mass is 10.0. The summed E-state index contributed by atoms with van der Waals surface area (Å²) in [5.74, 6) is -0.775. The minimum Gasteiger partial charge on any atom is -0.304 e. The zero-order valence-electron chi connectivity index (χ0n) is 11.2. The van der Waals surface area contributed by atoms with Gasteiger partial charge in [0.25, 0.3) is 0 Å². The van der Waals surface area contributed by atoms with E-state index in [2.05, 4.69) is 10.4 Å². The number of rotatable bonds is 4. The minimum atomic E-state index is -0.389. The minimum absolute atomic E-state index is 0.280. The van der Waals surface area contributed by atoms with Gasteiger partial charge in [-0.2, -0.15) is 5.10 Å². The van der Waals surface area contributed by atoms with Crippen molar-refractivity contribution in [1.82, 2.24) is 15.1 Å². The van der Waals surface area contributed by atoms with Gasteiger partial charge in [0.15, 0.2) is 0 Å². The highest BCUT2D eigenvalue weighted by molar-refractivity contribution is 5.27. The molecule has 0 radical (unpaired) electrons. The van der Waals surface area contributed by atoms with Crippen molar-refractivity contribution in [1.29, 1.82) is 0 Å². The molecule has 1 N–H and O–H groups in total. The van der Waals surface area contributed by atoms with Gasteiger partial charge in [-0.3, -0.25) is 4.68 Å². The summed E-state index contributed by atoms with van der Waals surface area (Å²) in [5.41, 5.74) is 1.51. The van der Waals surface area contributed by atoms with Crippen LogP contribution in [-0.4, -0.2) is 9.78 Å². The van der Waals surface area contributed by atoms with Crippen molar-refractivity contribution in [2.24, 2.45) is 7.05 Å². The maximum atomic E-state index is 13.8. The van der Waals surface area contributed by atoms with Crippen molar-refractivity contribution in [2.75, 3.05) is 0 Å². The van der Waals surface area contributed by atoms with Gasteiger partial charge in [0.1, 0.15) is 11.6 Å². The highest BCUT2D eigenvalue weighted by Crippen LogP contribution is 2.20. The number of halogens is 2. The number of nitrogens with zero attached hydrogens (tertiary/aromatic N) is 2. The molecule has 0 spiro atoms. The molecule has 0 amide bonds. The number of nitrogens with one attached hydrogen (secondary N) is 1. The Kier molecular flexibility index (Phi) is 3.95. The molecule has 1 aromatic heterocycles. The fourth-order valence-electron chi connectivity index (χ4n) is 1.92. The van der Waals surface area contributed by atoms with E-state index in [0.29, 0.717) is 17.7 Å². The van der Waals surface area contributed by atoms with Crippen LogP contribution in [0.2, 0.25) is 0 Å². The molecule has 0 bridgehead atoms. The van der Waals surface area contributed by atoms with Crippen molar-refractivity contribution >= 4 is 0 Å². The van der Waals surface area contributed by atoms with Crippen LogP contribution in [-0.2, 0) is 13.6 Å². The van der Waals surface area contributed by atoms with E-state index >= 15 is 0 Å². The Hall–Kier alpha value is -1.75. The molecule has 2 aromatic rings. The van der Waals surface area contributed by atoms with Gasteiger partial charge in [-0.15, -0.1) is 0 Å². The second-order valence-electron chi connectivity index (χ2n) is 4.71. The van der Waals surface area contributed by atoms with E-state index in [0.717, 1.165) is 5.69 Å². The molecule has 0 aliphatic rings. The van der Waals surface area contributed by atoms with E-state index in [1.807, 2.05) is 19.3 Å². The lowest BCUT2D eigenvalue weighted by Crippen LogP contribution is -2.20. The zero-order valence-corrected chi connectivity index (χ0v) is 11.2. The molecule has 5 heteroatoms. The maximum Gasteiger partial charge on any atom is 0.128 e. The number of hydrogen-bond donors (Lipinski definition) is 1. The molecule has 0 saturated carbocycles. The van der Waals surface area contributed by atoms with Gasteiger partial charge < -0.3 is 5.32 Å². The number of aromatic nitrogens is 2. The molecule has 19 heavy (non-hydrogen) atoms. The third-order valence-electron chi connectivity index (χ3n) is 3.10. The standard InChI is InChI=1S/C14H17F2N3/c1-9-6-14(16)12(7-13(9)15)10(2)17-8-11-4-5-19(3)18-11/h4-7,10,17H,8H2,1-3H3. The Labute approximate surface area is 111 Å². The van der Waals surface area contributed by atoms with Crippen LogP contribution in [0.15, 0.2) is 24.4 Å². The Morgan fingerprint density at radius 3 is 2.68 bits per heavy atom. The van der Waals surface area contributed by atoms with Crippen LogP contribution in [0.4, 0.5) is 8.78 Å². The molecule has 1 atom stereocenters. The normalized spacial score (nSPS) is 12.7. The average Bonchev–Trinajstić information content (AvgIpc) is 2.77. The summed E-state index contributed by atoms with van der Waals surface area (Å²) < 4.78 is 29.0. The van der Waals surface area contributed by atoms with E-state index in [9.17, 15) is 8.78 Å². The van der Waals surface area contributed by atoms with Crippen LogP contribution in [0.5, 0.6) is 0 Å². The number of benzene rings is 1. The fraction of sp³-hybridized carbons (Fsp3) is 0.357. The topological polar surface area (TPSA) is 29.9 Å². The molecule has 2 rings (SSSR count). The fourth-order valence-corrected chi connectivity index (χ4v) is 1.92. The van der Waals surface area contributed by atoms with Crippen LogP contribution in [0.1, 0.15) is 29.8 Å². The first-order valence-corrected chi connectivity index (χ1v) is 6.15. The van der Waals surface area contributed by atoms with Crippen molar-refractivity contribution in [2.45, 2.75) is 26.4 Å². The molecule has 3 nitrogen and oxygen atoms in total. The van der Waals surface area contributed by atoms with Crippen molar-refractivity contribution in [3.8, 4) is 0 Å². The quantitative estimate of drug-likeness (QED) is 0.921. The summed E-state index contributed by atoms with van der Waals surface area (Å²) in [4.78, 5) is 0. The first-order valence-electron chi connectivity index (χ1n) is 6.15. The smallest absolute Gasteiger partial charge is 0.128 e. The molecule has 0 aliphatic heterocycles. The highest BCUT2D eigenvalue weighted by atomic mass is 19.1. The third kappa shape index (κ3) is 3.17. The van der Waals surface area contributed by atoms with E-state index < -0.39 is 0 Å². The predicted molar refractivity (Wildman–Crippen MR) is 69.6 cm³/mol. The van der Waals surface area contributed by atoms with Crippen LogP contribution >= 0.6 is 0 Å². The second kappa shape index (κ2) is 5.48. The second-order valence-corrected chi connectivity index (χ2v) is 4.71. The first kappa shape index (κ1) is 13.7. The van der Waals surface area contributed by atoms with Crippen LogP contribution < -0.4 is 5.32 Å². The van der Waals surface area contributed by atoms with E-state index in [-0.39, 0.29) is 17.7 Å². The largest absolute Gasteiger partial charge is 0.304 e. The number of hydrogen-bond acceptors (Lipinski definition) is 2. The first-order chi connectivity index (χ1) is 8.97. The summed E-state index contributed by atoms with van der Waals surface area (Å²) in [6.45, 7) is 3.86. The Bertz CT molecular complexity index is 578. The Morgan fingerprint density at radius 2 is 2.05 bits per heavy atom. The average molecular weight is 265 g/mol. The Morgan fingerprint density at radius 1 is 1.32 bits per heavy atom. The van der Waals surface area contributed by atoms with Gasteiger partial charge in [0, 0.05) is 31.4 Å². The lowest BCUT2D eigenvalue weighted by molar-refractivity contribution is 0.511. The predicted octanol–water partition coefficient (Wildman–Crippen LogP) is 2.86. The SMILES string of the molecule is Cc1cc(F)c(C(C)NCc2ccn(C)n2)cc1F. The van der Waals surface area contributed by atoms with Crippen molar-refractivity contribution in [3.05, 3.63) is 52.9 Å². The molecule has 102 valence electrons. The molecule has 0 aliphatic carbocycles. The summed E-state index contributed by atoms with van der Waals surface area (Å²) in [6, 6.07) is 4.08. The van der Waals surface area contributed by atoms with Crippen molar-refractivity contribution in [3.63, 3.8) is 0 Å². The summed E-state index contributed by atoms with van der Waals surface area (Å²) in [6.07, 6.45) is 1.84.